The molecule has 0 radical (unpaired) electrons. The molecule has 1 fully saturated rings. The largest absolute Gasteiger partial charge is 0.378 e. The summed E-state index contributed by atoms with van der Waals surface area (Å²) in [5.41, 5.74) is 0. The Balaban J connectivity index is 0.000000461. The molecule has 1 saturated heterocycles. The van der Waals surface area contributed by atoms with Crippen LogP contribution in [0.15, 0.2) is 0 Å². The molecule has 0 saturated carbocycles. The monoisotopic (exact) mass is 164 g/mol. The molecular weight excluding hydrogens is 147 g/mol. The molecule has 11 heavy (non-hydrogen) atoms. The van der Waals surface area contributed by atoms with Crippen molar-refractivity contribution in [3.05, 3.63) is 0 Å². The molecule has 0 aromatic carbocycles. The van der Waals surface area contributed by atoms with E-state index in [-0.39, 0.29) is 12.7 Å². The lowest BCUT2D eigenvalue weighted by Crippen LogP contribution is -2.34. The van der Waals surface area contributed by atoms with Crippen molar-refractivity contribution in [3.63, 3.8) is 0 Å². The van der Waals surface area contributed by atoms with Gasteiger partial charge in [-0.3, -0.25) is 0 Å². The van der Waals surface area contributed by atoms with E-state index in [0.717, 1.165) is 0 Å². The van der Waals surface area contributed by atoms with Crippen LogP contribution < -0.4 is 0 Å². The van der Waals surface area contributed by atoms with Crippen molar-refractivity contribution in [1.82, 2.24) is 0 Å². The lowest BCUT2D eigenvalue weighted by molar-refractivity contribution is -0.0678. The highest BCUT2D eigenvalue weighted by atomic mass is 19.1. The molecule has 2 unspecified atom stereocenters. The third-order valence-electron chi connectivity index (χ3n) is 1.53. The number of rotatable bonds is 1. The van der Waals surface area contributed by atoms with Gasteiger partial charge in [0, 0.05) is 13.7 Å². The van der Waals surface area contributed by atoms with Crippen LogP contribution in [0.2, 0.25) is 0 Å². The van der Waals surface area contributed by atoms with Crippen molar-refractivity contribution in [3.8, 4) is 0 Å². The van der Waals surface area contributed by atoms with Gasteiger partial charge in [-0.1, -0.05) is 13.8 Å². The minimum absolute atomic E-state index is 0.193. The highest BCUT2D eigenvalue weighted by Crippen LogP contribution is 2.13. The Morgan fingerprint density at radius 2 is 2.09 bits per heavy atom. The number of ether oxygens (including phenoxy) is 2. The maximum Gasteiger partial charge on any atom is 0.149 e. The molecule has 1 aliphatic rings. The van der Waals surface area contributed by atoms with Crippen LogP contribution in [-0.4, -0.2) is 32.6 Å². The van der Waals surface area contributed by atoms with Crippen LogP contribution in [0.1, 0.15) is 20.3 Å². The smallest absolute Gasteiger partial charge is 0.149 e. The first-order valence-corrected chi connectivity index (χ1v) is 4.09. The van der Waals surface area contributed by atoms with E-state index in [9.17, 15) is 4.39 Å². The summed E-state index contributed by atoms with van der Waals surface area (Å²) >= 11 is 0. The second-order valence-corrected chi connectivity index (χ2v) is 2.15. The van der Waals surface area contributed by atoms with E-state index in [1.807, 2.05) is 13.8 Å². The molecule has 2 nitrogen and oxygen atoms in total. The number of hydrogen-bond acceptors (Lipinski definition) is 2. The van der Waals surface area contributed by atoms with Gasteiger partial charge in [0.2, 0.25) is 0 Å². The van der Waals surface area contributed by atoms with Gasteiger partial charge in [0.15, 0.2) is 0 Å². The summed E-state index contributed by atoms with van der Waals surface area (Å²) in [6.45, 7) is 4.82. The predicted octanol–water partition coefficient (Wildman–Crippen LogP) is 1.79. The fourth-order valence-corrected chi connectivity index (χ4v) is 0.949. The third kappa shape index (κ3) is 3.68. The molecule has 0 aliphatic carbocycles. The summed E-state index contributed by atoms with van der Waals surface area (Å²) in [4.78, 5) is 0. The highest BCUT2D eigenvalue weighted by Gasteiger charge is 2.24. The summed E-state index contributed by atoms with van der Waals surface area (Å²) in [5.74, 6) is 0. The van der Waals surface area contributed by atoms with Gasteiger partial charge in [0.1, 0.15) is 6.17 Å². The number of halogens is 1. The van der Waals surface area contributed by atoms with Crippen LogP contribution in [0.5, 0.6) is 0 Å². The second-order valence-electron chi connectivity index (χ2n) is 2.15. The number of methoxy groups -OCH3 is 1. The molecule has 0 bridgehead atoms. The zero-order valence-corrected chi connectivity index (χ0v) is 7.47. The van der Waals surface area contributed by atoms with E-state index in [1.54, 1.807) is 0 Å². The first-order valence-electron chi connectivity index (χ1n) is 4.09. The average molecular weight is 164 g/mol. The van der Waals surface area contributed by atoms with Gasteiger partial charge in [-0.25, -0.2) is 4.39 Å². The van der Waals surface area contributed by atoms with E-state index in [2.05, 4.69) is 0 Å². The van der Waals surface area contributed by atoms with Crippen LogP contribution >= 0.6 is 0 Å². The van der Waals surface area contributed by atoms with Crippen molar-refractivity contribution in [2.45, 2.75) is 32.5 Å². The highest BCUT2D eigenvalue weighted by molar-refractivity contribution is 4.72. The standard InChI is InChI=1S/C6H11FO2.C2H6/c1-8-6-2-3-9-4-5(6)7;1-2/h5-6H,2-4H2,1H3;1-2H3. The molecule has 68 valence electrons. The summed E-state index contributed by atoms with van der Waals surface area (Å²) in [6.07, 6.45) is -0.486. The van der Waals surface area contributed by atoms with E-state index < -0.39 is 6.17 Å². The molecule has 3 heteroatoms. The Morgan fingerprint density at radius 1 is 1.45 bits per heavy atom. The van der Waals surface area contributed by atoms with Crippen molar-refractivity contribution in [1.29, 1.82) is 0 Å². The molecule has 1 heterocycles. The minimum Gasteiger partial charge on any atom is -0.378 e. The Labute approximate surface area is 67.7 Å². The Kier molecular flexibility index (Phi) is 6.46. The first kappa shape index (κ1) is 10.8. The van der Waals surface area contributed by atoms with E-state index in [4.69, 9.17) is 9.47 Å². The Bertz CT molecular complexity index is 88.2. The molecule has 2 atom stereocenters. The van der Waals surface area contributed by atoms with Gasteiger partial charge in [0.25, 0.3) is 0 Å². The van der Waals surface area contributed by atoms with Gasteiger partial charge in [0.05, 0.1) is 12.7 Å². The van der Waals surface area contributed by atoms with Crippen LogP contribution in [0.25, 0.3) is 0 Å². The predicted molar refractivity (Wildman–Crippen MR) is 42.5 cm³/mol. The van der Waals surface area contributed by atoms with E-state index >= 15 is 0 Å². The van der Waals surface area contributed by atoms with Crippen molar-refractivity contribution in [2.24, 2.45) is 0 Å². The summed E-state index contributed by atoms with van der Waals surface area (Å²) in [5, 5.41) is 0. The molecule has 1 rings (SSSR count). The summed E-state index contributed by atoms with van der Waals surface area (Å²) in [6, 6.07) is 0. The Morgan fingerprint density at radius 3 is 2.45 bits per heavy atom. The summed E-state index contributed by atoms with van der Waals surface area (Å²) in [7, 11) is 1.53. The Hall–Kier alpha value is -0.150. The molecule has 0 amide bonds. The molecule has 0 aromatic rings. The number of hydrogen-bond donors (Lipinski definition) is 0. The van der Waals surface area contributed by atoms with Crippen molar-refractivity contribution in [2.75, 3.05) is 20.3 Å². The maximum absolute atomic E-state index is 12.6. The van der Waals surface area contributed by atoms with Gasteiger partial charge in [-0.2, -0.15) is 0 Å². The maximum atomic E-state index is 12.6. The first-order chi connectivity index (χ1) is 5.34. The van der Waals surface area contributed by atoms with Crippen LogP contribution in [-0.2, 0) is 9.47 Å². The zero-order valence-electron chi connectivity index (χ0n) is 7.47. The minimum atomic E-state index is -0.927. The molecule has 0 N–H and O–H groups in total. The van der Waals surface area contributed by atoms with Crippen LogP contribution in [0.4, 0.5) is 4.39 Å². The third-order valence-corrected chi connectivity index (χ3v) is 1.53. The van der Waals surface area contributed by atoms with Gasteiger partial charge in [-0.05, 0) is 6.42 Å². The topological polar surface area (TPSA) is 18.5 Å². The molecule has 0 spiro atoms. The quantitative estimate of drug-likeness (QED) is 0.588. The van der Waals surface area contributed by atoms with Gasteiger partial charge in [-0.15, -0.1) is 0 Å². The van der Waals surface area contributed by atoms with E-state index in [1.165, 1.54) is 7.11 Å². The van der Waals surface area contributed by atoms with Gasteiger partial charge < -0.3 is 9.47 Å². The lowest BCUT2D eigenvalue weighted by Gasteiger charge is -2.24. The van der Waals surface area contributed by atoms with Crippen LogP contribution in [0.3, 0.4) is 0 Å². The van der Waals surface area contributed by atoms with E-state index in [0.29, 0.717) is 13.0 Å². The van der Waals surface area contributed by atoms with Crippen molar-refractivity contribution < 1.29 is 13.9 Å². The molecule has 0 aromatic heterocycles. The lowest BCUT2D eigenvalue weighted by atomic mass is 10.1. The average Bonchev–Trinajstić information content (AvgIpc) is 2.09. The molecular formula is C8H17FO2. The fourth-order valence-electron chi connectivity index (χ4n) is 0.949. The van der Waals surface area contributed by atoms with Gasteiger partial charge >= 0.3 is 0 Å². The molecule has 1 aliphatic heterocycles. The fraction of sp³-hybridized carbons (Fsp3) is 1.00. The summed E-state index contributed by atoms with van der Waals surface area (Å²) < 4.78 is 22.3. The van der Waals surface area contributed by atoms with Crippen molar-refractivity contribution >= 4 is 0 Å². The SMILES string of the molecule is CC.COC1CCOCC1F. The number of alkyl halides is 1. The normalized spacial score (nSPS) is 30.5. The van der Waals surface area contributed by atoms with Crippen LogP contribution in [0, 0.1) is 0 Å². The second kappa shape index (κ2) is 6.55. The zero-order chi connectivity index (χ0) is 8.69.